The zero-order chi connectivity index (χ0) is 19.5. The minimum absolute atomic E-state index is 0.280. The summed E-state index contributed by atoms with van der Waals surface area (Å²) < 4.78 is 16.5. The summed E-state index contributed by atoms with van der Waals surface area (Å²) in [6, 6.07) is 11.0. The molecule has 0 amide bonds. The molecular weight excluding hydrogens is 332 g/mol. The van der Waals surface area contributed by atoms with Crippen LogP contribution in [0.25, 0.3) is 10.8 Å². The van der Waals surface area contributed by atoms with Crippen molar-refractivity contribution in [3.8, 4) is 5.75 Å². The Morgan fingerprint density at radius 1 is 0.846 bits per heavy atom. The molecule has 26 heavy (non-hydrogen) atoms. The fraction of sp³-hybridized carbons (Fsp3) is 0.429. The van der Waals surface area contributed by atoms with E-state index in [4.69, 9.17) is 14.2 Å². The molecule has 0 unspecified atom stereocenters. The first-order valence-corrected chi connectivity index (χ1v) is 8.56. The largest absolute Gasteiger partial charge is 0.480 e. The van der Waals surface area contributed by atoms with Crippen LogP contribution >= 0.6 is 0 Å². The molecule has 5 nitrogen and oxygen atoms in total. The predicted octanol–water partition coefficient (Wildman–Crippen LogP) is 4.52. The number of hydrogen-bond acceptors (Lipinski definition) is 5. The summed E-state index contributed by atoms with van der Waals surface area (Å²) in [7, 11) is 0. The van der Waals surface area contributed by atoms with Crippen LogP contribution < -0.4 is 4.74 Å². The molecule has 0 aliphatic rings. The minimum atomic E-state index is -0.634. The highest BCUT2D eigenvalue weighted by molar-refractivity contribution is 6.01. The molecule has 0 fully saturated rings. The Morgan fingerprint density at radius 2 is 1.46 bits per heavy atom. The smallest absolute Gasteiger partial charge is 0.344 e. The maximum atomic E-state index is 12.6. The monoisotopic (exact) mass is 358 g/mol. The van der Waals surface area contributed by atoms with Crippen LogP contribution in [0.15, 0.2) is 36.4 Å². The minimum Gasteiger partial charge on any atom is -0.480 e. The number of rotatable bonds is 4. The van der Waals surface area contributed by atoms with Crippen molar-refractivity contribution >= 4 is 22.7 Å². The van der Waals surface area contributed by atoms with Crippen LogP contribution in [0.4, 0.5) is 0 Å². The molecule has 2 aromatic rings. The van der Waals surface area contributed by atoms with E-state index in [9.17, 15) is 9.59 Å². The molecule has 0 heterocycles. The van der Waals surface area contributed by atoms with Gasteiger partial charge in [0.2, 0.25) is 0 Å². The highest BCUT2D eigenvalue weighted by Crippen LogP contribution is 2.31. The molecule has 0 aliphatic carbocycles. The van der Waals surface area contributed by atoms with Crippen molar-refractivity contribution in [1.82, 2.24) is 0 Å². The van der Waals surface area contributed by atoms with Crippen molar-refractivity contribution in [3.63, 3.8) is 0 Å². The second-order valence-electron chi connectivity index (χ2n) is 8.04. The number of benzene rings is 2. The molecule has 0 aliphatic heterocycles. The van der Waals surface area contributed by atoms with Crippen molar-refractivity contribution in [2.24, 2.45) is 0 Å². The fourth-order valence-electron chi connectivity index (χ4n) is 2.39. The van der Waals surface area contributed by atoms with Crippen molar-refractivity contribution in [1.29, 1.82) is 0 Å². The standard InChI is InChI=1S/C21H26O5/c1-20(2,3)25-17(22)13-24-18-15-10-8-7-9-14(15)11-12-16(18)19(23)26-21(4,5)6/h7-12H,13H2,1-6H3. The molecule has 2 aromatic carbocycles. The van der Waals surface area contributed by atoms with E-state index >= 15 is 0 Å². The van der Waals surface area contributed by atoms with E-state index in [1.807, 2.05) is 30.3 Å². The fourth-order valence-corrected chi connectivity index (χ4v) is 2.39. The van der Waals surface area contributed by atoms with E-state index in [1.165, 1.54) is 0 Å². The van der Waals surface area contributed by atoms with Gasteiger partial charge in [-0.3, -0.25) is 0 Å². The molecule has 0 bridgehead atoms. The van der Waals surface area contributed by atoms with E-state index in [2.05, 4.69) is 0 Å². The Kier molecular flexibility index (Phi) is 5.59. The lowest BCUT2D eigenvalue weighted by molar-refractivity contribution is -0.157. The third kappa shape index (κ3) is 5.48. The van der Waals surface area contributed by atoms with Crippen molar-refractivity contribution < 1.29 is 23.8 Å². The van der Waals surface area contributed by atoms with Crippen LogP contribution in [0.5, 0.6) is 5.75 Å². The van der Waals surface area contributed by atoms with E-state index in [-0.39, 0.29) is 12.2 Å². The summed E-state index contributed by atoms with van der Waals surface area (Å²) in [5.41, 5.74) is -0.958. The number of carbonyl (C=O) groups is 2. The van der Waals surface area contributed by atoms with Gasteiger partial charge < -0.3 is 14.2 Å². The molecule has 0 saturated carbocycles. The van der Waals surface area contributed by atoms with Crippen LogP contribution in [0.3, 0.4) is 0 Å². The van der Waals surface area contributed by atoms with E-state index < -0.39 is 23.1 Å². The molecule has 0 atom stereocenters. The quantitative estimate of drug-likeness (QED) is 0.752. The maximum Gasteiger partial charge on any atom is 0.344 e. The van der Waals surface area contributed by atoms with Gasteiger partial charge in [0, 0.05) is 5.39 Å². The van der Waals surface area contributed by atoms with Gasteiger partial charge in [-0.25, -0.2) is 9.59 Å². The van der Waals surface area contributed by atoms with Gasteiger partial charge in [-0.15, -0.1) is 0 Å². The normalized spacial score (nSPS) is 11.9. The molecule has 0 saturated heterocycles. The molecule has 0 spiro atoms. The van der Waals surface area contributed by atoms with Gasteiger partial charge in [0.15, 0.2) is 6.61 Å². The lowest BCUT2D eigenvalue weighted by Gasteiger charge is -2.22. The van der Waals surface area contributed by atoms with Gasteiger partial charge in [0.25, 0.3) is 0 Å². The van der Waals surface area contributed by atoms with Crippen molar-refractivity contribution in [3.05, 3.63) is 42.0 Å². The summed E-state index contributed by atoms with van der Waals surface area (Å²) in [6.45, 7) is 10.5. The third-order valence-corrected chi connectivity index (χ3v) is 3.25. The van der Waals surface area contributed by atoms with Gasteiger partial charge in [-0.05, 0) is 53.0 Å². The van der Waals surface area contributed by atoms with Crippen LogP contribution in [-0.2, 0) is 14.3 Å². The van der Waals surface area contributed by atoms with E-state index in [0.29, 0.717) is 5.75 Å². The average Bonchev–Trinajstić information content (AvgIpc) is 2.49. The summed E-state index contributed by atoms with van der Waals surface area (Å²) in [6.07, 6.45) is 0. The molecule has 0 aromatic heterocycles. The van der Waals surface area contributed by atoms with Crippen LogP contribution in [0, 0.1) is 0 Å². The number of esters is 2. The highest BCUT2D eigenvalue weighted by Gasteiger charge is 2.24. The number of fused-ring (bicyclic) bond motifs is 1. The van der Waals surface area contributed by atoms with Crippen LogP contribution in [0.2, 0.25) is 0 Å². The first kappa shape index (κ1) is 19.8. The molecule has 140 valence electrons. The lowest BCUT2D eigenvalue weighted by Crippen LogP contribution is -2.28. The molecule has 0 radical (unpaired) electrons. The predicted molar refractivity (Wildman–Crippen MR) is 100 cm³/mol. The Hall–Kier alpha value is -2.56. The Labute approximate surface area is 154 Å². The first-order chi connectivity index (χ1) is 12.0. The van der Waals surface area contributed by atoms with Crippen LogP contribution in [0.1, 0.15) is 51.9 Å². The number of carbonyl (C=O) groups excluding carboxylic acids is 2. The maximum absolute atomic E-state index is 12.6. The Bertz CT molecular complexity index is 809. The van der Waals surface area contributed by atoms with Gasteiger partial charge in [-0.1, -0.05) is 30.3 Å². The number of hydrogen-bond donors (Lipinski definition) is 0. The lowest BCUT2D eigenvalue weighted by atomic mass is 10.0. The van der Waals surface area contributed by atoms with E-state index in [1.54, 1.807) is 47.6 Å². The van der Waals surface area contributed by atoms with Gasteiger partial charge in [-0.2, -0.15) is 0 Å². The number of ether oxygens (including phenoxy) is 3. The van der Waals surface area contributed by atoms with E-state index in [0.717, 1.165) is 10.8 Å². The third-order valence-electron chi connectivity index (χ3n) is 3.25. The summed E-state index contributed by atoms with van der Waals surface area (Å²) in [4.78, 5) is 24.6. The van der Waals surface area contributed by atoms with Gasteiger partial charge in [0.1, 0.15) is 22.5 Å². The van der Waals surface area contributed by atoms with Crippen LogP contribution in [-0.4, -0.2) is 29.7 Å². The summed E-state index contributed by atoms with van der Waals surface area (Å²) in [5.74, 6) is -0.675. The average molecular weight is 358 g/mol. The van der Waals surface area contributed by atoms with Crippen molar-refractivity contribution in [2.75, 3.05) is 6.61 Å². The van der Waals surface area contributed by atoms with Gasteiger partial charge >= 0.3 is 11.9 Å². The summed E-state index contributed by atoms with van der Waals surface area (Å²) >= 11 is 0. The zero-order valence-electron chi connectivity index (χ0n) is 16.2. The molecular formula is C21H26O5. The topological polar surface area (TPSA) is 61.8 Å². The second kappa shape index (κ2) is 7.36. The SMILES string of the molecule is CC(C)(C)OC(=O)COc1c(C(=O)OC(C)(C)C)ccc2ccccc12. The first-order valence-electron chi connectivity index (χ1n) is 8.56. The Morgan fingerprint density at radius 3 is 2.08 bits per heavy atom. The highest BCUT2D eigenvalue weighted by atomic mass is 16.6. The molecule has 0 N–H and O–H groups in total. The molecule has 5 heteroatoms. The second-order valence-corrected chi connectivity index (χ2v) is 8.04. The zero-order valence-corrected chi connectivity index (χ0v) is 16.2. The summed E-state index contributed by atoms with van der Waals surface area (Å²) in [5, 5.41) is 1.64. The van der Waals surface area contributed by atoms with Crippen molar-refractivity contribution in [2.45, 2.75) is 52.7 Å². The van der Waals surface area contributed by atoms with Gasteiger partial charge in [0.05, 0.1) is 0 Å². The Balaban J connectivity index is 2.36. The molecule has 2 rings (SSSR count).